The number of nitrogens with zero attached hydrogens (tertiary/aromatic N) is 2. The van der Waals surface area contributed by atoms with Gasteiger partial charge in [0.15, 0.2) is 5.70 Å². The third kappa shape index (κ3) is 2.17. The summed E-state index contributed by atoms with van der Waals surface area (Å²) in [5.74, 6) is -0.473. The Morgan fingerprint density at radius 3 is 2.50 bits per heavy atom. The predicted molar refractivity (Wildman–Crippen MR) is 99.0 cm³/mol. The van der Waals surface area contributed by atoms with Gasteiger partial charge in [-0.2, -0.15) is 0 Å². The first-order chi connectivity index (χ1) is 11.3. The Morgan fingerprint density at radius 2 is 1.75 bits per heavy atom. The monoisotopic (exact) mass is 520 g/mol. The van der Waals surface area contributed by atoms with E-state index >= 15 is 8.63 Å². The van der Waals surface area contributed by atoms with Crippen molar-refractivity contribution >= 4 is 65.0 Å². The van der Waals surface area contributed by atoms with Crippen LogP contribution in [0.25, 0.3) is 5.57 Å². The molecule has 0 fully saturated rings. The van der Waals surface area contributed by atoms with Crippen LogP contribution in [-0.4, -0.2) is 20.6 Å². The van der Waals surface area contributed by atoms with Crippen molar-refractivity contribution in [2.24, 2.45) is 0 Å². The van der Waals surface area contributed by atoms with Crippen molar-refractivity contribution in [1.29, 1.82) is 0 Å². The number of benzene rings is 1. The van der Waals surface area contributed by atoms with E-state index in [0.717, 1.165) is 8.96 Å². The Balaban J connectivity index is 2.14. The molecule has 4 rings (SSSR count). The van der Waals surface area contributed by atoms with E-state index in [-0.39, 0.29) is 26.2 Å². The lowest BCUT2D eigenvalue weighted by Gasteiger charge is -2.32. The quantitative estimate of drug-likeness (QED) is 0.436. The molecule has 24 heavy (non-hydrogen) atoms. The van der Waals surface area contributed by atoms with Gasteiger partial charge in [-0.15, -0.1) is 0 Å². The minimum atomic E-state index is -4.10. The Kier molecular flexibility index (Phi) is 3.74. The summed E-state index contributed by atoms with van der Waals surface area (Å²) < 4.78 is 47.6. The molecule has 3 heterocycles. The number of fused-ring (bicyclic) bond motifs is 2. The van der Waals surface area contributed by atoms with Crippen LogP contribution < -0.4 is 0 Å². The van der Waals surface area contributed by atoms with Crippen LogP contribution in [0, 0.1) is 5.82 Å². The number of rotatable bonds is 1. The van der Waals surface area contributed by atoms with Crippen LogP contribution in [0.3, 0.4) is 0 Å². The zero-order valence-electron chi connectivity index (χ0n) is 11.8. The smallest absolute Gasteiger partial charge is 0.389 e. The van der Waals surface area contributed by atoms with Gasteiger partial charge >= 0.3 is 6.97 Å². The summed E-state index contributed by atoms with van der Waals surface area (Å²) >= 11 is 9.68. The number of hydrogen-bond acceptors (Lipinski definition) is 0. The van der Waals surface area contributed by atoms with Crippen molar-refractivity contribution < 1.29 is 17.5 Å². The molecule has 2 nitrogen and oxygen atoms in total. The van der Waals surface area contributed by atoms with Crippen LogP contribution in [0.5, 0.6) is 0 Å². The Hall–Kier alpha value is -1.06. The van der Waals surface area contributed by atoms with E-state index in [1.54, 1.807) is 36.4 Å². The van der Waals surface area contributed by atoms with Crippen LogP contribution in [-0.2, 0) is 0 Å². The summed E-state index contributed by atoms with van der Waals surface area (Å²) in [4.78, 5) is 0. The maximum absolute atomic E-state index is 15.1. The molecule has 0 radical (unpaired) electrons. The van der Waals surface area contributed by atoms with Crippen molar-refractivity contribution in [1.82, 2.24) is 4.48 Å². The summed E-state index contributed by atoms with van der Waals surface area (Å²) in [7, 11) is 0. The molecule has 2 aliphatic rings. The van der Waals surface area contributed by atoms with Crippen LogP contribution >= 0.6 is 47.8 Å². The fourth-order valence-electron chi connectivity index (χ4n) is 3.10. The molecule has 0 saturated heterocycles. The lowest BCUT2D eigenvalue weighted by atomic mass is 9.86. The van der Waals surface area contributed by atoms with E-state index in [0.29, 0.717) is 10.0 Å². The van der Waals surface area contributed by atoms with Gasteiger partial charge in [-0.1, -0.05) is 15.9 Å². The SMILES string of the molecule is Fc1ccc(Br)cc1C1=C2C=CC(Br)=[N+]2[B-](F)(F)n2c(Br)ccc21. The third-order valence-corrected chi connectivity index (χ3v) is 5.85. The zero-order chi connectivity index (χ0) is 17.2. The van der Waals surface area contributed by atoms with Crippen LogP contribution in [0.4, 0.5) is 13.0 Å². The van der Waals surface area contributed by atoms with Crippen molar-refractivity contribution in [2.75, 3.05) is 0 Å². The summed E-state index contributed by atoms with van der Waals surface area (Å²) in [5, 5.41) is 0. The van der Waals surface area contributed by atoms with Gasteiger partial charge in [-0.3, -0.25) is 0 Å². The average Bonchev–Trinajstić information content (AvgIpc) is 3.08. The standard InChI is InChI=1S/C15H7BBr3F3N2/c17-8-1-2-10(20)9(7-8)15-11-3-5-13(18)23(11)16(21,22)24-12(15)4-6-14(24)19/h1-7H. The second-order valence-electron chi connectivity index (χ2n) is 5.41. The molecule has 2 aromatic rings. The average molecular weight is 523 g/mol. The molecule has 1 aromatic heterocycles. The zero-order valence-corrected chi connectivity index (χ0v) is 16.5. The molecular formula is C15H7BBr3F3N2. The van der Waals surface area contributed by atoms with Crippen LogP contribution in [0.15, 0.2) is 57.3 Å². The second-order valence-corrected chi connectivity index (χ2v) is 7.95. The van der Waals surface area contributed by atoms with Gasteiger partial charge in [0, 0.05) is 43.8 Å². The minimum absolute atomic E-state index is 0.238. The normalized spacial score (nSPS) is 18.2. The number of allylic oxidation sites excluding steroid dienone is 2. The summed E-state index contributed by atoms with van der Waals surface area (Å²) in [6, 6.07) is 7.60. The Morgan fingerprint density at radius 1 is 1.00 bits per heavy atom. The molecule has 122 valence electrons. The van der Waals surface area contributed by atoms with E-state index in [1.807, 2.05) is 0 Å². The summed E-state index contributed by atoms with van der Waals surface area (Å²) in [5.41, 5.74) is 1.20. The number of aromatic nitrogens is 1. The van der Waals surface area contributed by atoms with Gasteiger partial charge in [0.05, 0.1) is 10.2 Å². The molecule has 0 atom stereocenters. The molecule has 0 bridgehead atoms. The number of hydrogen-bond donors (Lipinski definition) is 0. The fraction of sp³-hybridized carbons (Fsp3) is 0. The van der Waals surface area contributed by atoms with Gasteiger partial charge < -0.3 is 17.6 Å². The highest BCUT2D eigenvalue weighted by Gasteiger charge is 2.54. The third-order valence-electron chi connectivity index (χ3n) is 4.07. The van der Waals surface area contributed by atoms with E-state index in [1.165, 1.54) is 6.07 Å². The largest absolute Gasteiger partial charge is 0.738 e. The minimum Gasteiger partial charge on any atom is -0.389 e. The molecule has 0 aliphatic carbocycles. The first-order valence-corrected chi connectivity index (χ1v) is 9.29. The highest BCUT2D eigenvalue weighted by molar-refractivity contribution is 9.18. The highest BCUT2D eigenvalue weighted by Crippen LogP contribution is 2.42. The topological polar surface area (TPSA) is 7.94 Å². The molecule has 9 heteroatoms. The lowest BCUT2D eigenvalue weighted by Crippen LogP contribution is -2.50. The first kappa shape index (κ1) is 16.4. The molecular weight excluding hydrogens is 516 g/mol. The molecule has 2 aliphatic heterocycles. The Bertz CT molecular complexity index is 992. The van der Waals surface area contributed by atoms with Crippen molar-refractivity contribution in [3.8, 4) is 0 Å². The molecule has 0 spiro atoms. The molecule has 0 N–H and O–H groups in total. The highest BCUT2D eigenvalue weighted by atomic mass is 79.9. The van der Waals surface area contributed by atoms with Gasteiger partial charge in [0.1, 0.15) is 5.82 Å². The number of halogens is 6. The van der Waals surface area contributed by atoms with Crippen molar-refractivity contribution in [3.05, 3.63) is 74.3 Å². The Labute approximate surface area is 160 Å². The summed E-state index contributed by atoms with van der Waals surface area (Å²) in [6.07, 6.45) is 3.11. The van der Waals surface area contributed by atoms with E-state index in [9.17, 15) is 4.39 Å². The van der Waals surface area contributed by atoms with E-state index in [2.05, 4.69) is 47.8 Å². The molecule has 0 unspecified atom stereocenters. The summed E-state index contributed by atoms with van der Waals surface area (Å²) in [6.45, 7) is -4.10. The van der Waals surface area contributed by atoms with Gasteiger partial charge in [-0.05, 0) is 46.3 Å². The van der Waals surface area contributed by atoms with Crippen molar-refractivity contribution in [2.45, 2.75) is 0 Å². The van der Waals surface area contributed by atoms with Crippen LogP contribution in [0.2, 0.25) is 0 Å². The predicted octanol–water partition coefficient (Wildman–Crippen LogP) is 5.52. The van der Waals surface area contributed by atoms with Gasteiger partial charge in [0.2, 0.25) is 4.62 Å². The van der Waals surface area contributed by atoms with Crippen molar-refractivity contribution in [3.63, 3.8) is 0 Å². The molecule has 0 saturated carbocycles. The first-order valence-electron chi connectivity index (χ1n) is 6.91. The maximum Gasteiger partial charge on any atom is 0.738 e. The fourth-order valence-corrected chi connectivity index (χ4v) is 4.60. The second kappa shape index (κ2) is 5.47. The molecule has 0 amide bonds. The van der Waals surface area contributed by atoms with Gasteiger partial charge in [0.25, 0.3) is 0 Å². The van der Waals surface area contributed by atoms with Crippen LogP contribution in [0.1, 0.15) is 11.3 Å². The lowest BCUT2D eigenvalue weighted by molar-refractivity contribution is -0.358. The maximum atomic E-state index is 15.1. The molecule has 1 aromatic carbocycles. The van der Waals surface area contributed by atoms with E-state index < -0.39 is 12.8 Å². The van der Waals surface area contributed by atoms with Gasteiger partial charge in [-0.25, -0.2) is 4.39 Å². The van der Waals surface area contributed by atoms with E-state index in [4.69, 9.17) is 0 Å².